The Morgan fingerprint density at radius 1 is 1.09 bits per heavy atom. The minimum Gasteiger partial charge on any atom is -0.321 e. The molecule has 0 aliphatic carbocycles. The Morgan fingerprint density at radius 2 is 1.94 bits per heavy atom. The van der Waals surface area contributed by atoms with E-state index in [1.807, 2.05) is 12.1 Å². The van der Waals surface area contributed by atoms with Gasteiger partial charge in [-0.3, -0.25) is 14.7 Å². The van der Waals surface area contributed by atoms with E-state index in [1.54, 1.807) is 41.3 Å². The Bertz CT molecular complexity index is 1430. The minimum absolute atomic E-state index is 0.248. The van der Waals surface area contributed by atoms with Gasteiger partial charge in [-0.15, -0.1) is 0 Å². The SMILES string of the molecule is CN1CCN(Cc2ccc(C(=O)Nc3cncc(C#Cc4cnc5cccnn45)c3)cc2F)CC1. The number of amides is 1. The number of rotatable bonds is 4. The Hall–Kier alpha value is -4.13. The molecule has 1 N–H and O–H groups in total. The van der Waals surface area contributed by atoms with Gasteiger partial charge < -0.3 is 10.2 Å². The molecule has 8 nitrogen and oxygen atoms in total. The van der Waals surface area contributed by atoms with Crippen LogP contribution in [0, 0.1) is 17.7 Å². The zero-order valence-electron chi connectivity index (χ0n) is 19.3. The van der Waals surface area contributed by atoms with Gasteiger partial charge in [-0.1, -0.05) is 12.0 Å². The number of anilines is 1. The van der Waals surface area contributed by atoms with E-state index in [9.17, 15) is 9.18 Å². The molecule has 1 aliphatic rings. The summed E-state index contributed by atoms with van der Waals surface area (Å²) in [6.45, 7) is 4.27. The van der Waals surface area contributed by atoms with Gasteiger partial charge in [0, 0.05) is 61.8 Å². The predicted octanol–water partition coefficient (Wildman–Crippen LogP) is 2.66. The van der Waals surface area contributed by atoms with Crippen LogP contribution in [0.2, 0.25) is 0 Å². The average Bonchev–Trinajstić information content (AvgIpc) is 3.28. The number of fused-ring (bicyclic) bond motifs is 1. The molecular weight excluding hydrogens is 445 g/mol. The lowest BCUT2D eigenvalue weighted by Crippen LogP contribution is -2.44. The van der Waals surface area contributed by atoms with Crippen molar-refractivity contribution in [2.75, 3.05) is 38.5 Å². The van der Waals surface area contributed by atoms with Crippen molar-refractivity contribution in [3.63, 3.8) is 0 Å². The first kappa shape index (κ1) is 22.7. The van der Waals surface area contributed by atoms with Crippen molar-refractivity contribution >= 4 is 17.2 Å². The van der Waals surface area contributed by atoms with E-state index in [0.29, 0.717) is 34.7 Å². The number of piperazine rings is 1. The molecule has 3 aromatic heterocycles. The van der Waals surface area contributed by atoms with Gasteiger partial charge in [-0.05, 0) is 43.3 Å². The summed E-state index contributed by atoms with van der Waals surface area (Å²) in [6.07, 6.45) is 6.44. The Labute approximate surface area is 202 Å². The number of pyridine rings is 1. The van der Waals surface area contributed by atoms with Crippen LogP contribution in [0.1, 0.15) is 27.2 Å². The van der Waals surface area contributed by atoms with E-state index in [1.165, 1.54) is 12.3 Å². The molecule has 0 bridgehead atoms. The second kappa shape index (κ2) is 10.0. The molecule has 5 rings (SSSR count). The maximum atomic E-state index is 14.7. The number of nitrogens with one attached hydrogen (secondary N) is 1. The number of nitrogens with zero attached hydrogens (tertiary/aromatic N) is 6. The molecule has 35 heavy (non-hydrogen) atoms. The largest absolute Gasteiger partial charge is 0.321 e. The lowest BCUT2D eigenvalue weighted by molar-refractivity contribution is 0.102. The quantitative estimate of drug-likeness (QED) is 0.463. The average molecular weight is 470 g/mol. The molecule has 9 heteroatoms. The normalized spacial score (nSPS) is 14.5. The first-order valence-electron chi connectivity index (χ1n) is 11.3. The number of hydrogen-bond donors (Lipinski definition) is 1. The van der Waals surface area contributed by atoms with Crippen LogP contribution >= 0.6 is 0 Å². The van der Waals surface area contributed by atoms with Gasteiger partial charge in [-0.2, -0.15) is 5.10 Å². The van der Waals surface area contributed by atoms with E-state index in [-0.39, 0.29) is 11.4 Å². The zero-order valence-corrected chi connectivity index (χ0v) is 19.3. The molecule has 1 saturated heterocycles. The van der Waals surface area contributed by atoms with Crippen molar-refractivity contribution < 1.29 is 9.18 Å². The van der Waals surface area contributed by atoms with Gasteiger partial charge in [-0.25, -0.2) is 13.9 Å². The monoisotopic (exact) mass is 469 g/mol. The lowest BCUT2D eigenvalue weighted by atomic mass is 10.1. The van der Waals surface area contributed by atoms with Crippen molar-refractivity contribution in [2.45, 2.75) is 6.54 Å². The fourth-order valence-electron chi connectivity index (χ4n) is 3.89. The van der Waals surface area contributed by atoms with Gasteiger partial charge in [0.15, 0.2) is 5.65 Å². The molecule has 4 aromatic rings. The summed E-state index contributed by atoms with van der Waals surface area (Å²) < 4.78 is 16.4. The second-order valence-electron chi connectivity index (χ2n) is 8.49. The van der Waals surface area contributed by atoms with Crippen molar-refractivity contribution in [1.82, 2.24) is 29.4 Å². The number of carbonyl (C=O) groups excluding carboxylic acids is 1. The Balaban J connectivity index is 1.26. The fraction of sp³-hybridized carbons (Fsp3) is 0.231. The molecule has 4 heterocycles. The molecule has 176 valence electrons. The maximum Gasteiger partial charge on any atom is 0.255 e. The van der Waals surface area contributed by atoms with Crippen molar-refractivity contribution in [2.24, 2.45) is 0 Å². The summed E-state index contributed by atoms with van der Waals surface area (Å²) in [6, 6.07) is 9.99. The molecule has 1 aromatic carbocycles. The van der Waals surface area contributed by atoms with Crippen LogP contribution < -0.4 is 5.32 Å². The highest BCUT2D eigenvalue weighted by atomic mass is 19.1. The maximum absolute atomic E-state index is 14.7. The van der Waals surface area contributed by atoms with Crippen LogP contribution in [0.3, 0.4) is 0 Å². The second-order valence-corrected chi connectivity index (χ2v) is 8.49. The summed E-state index contributed by atoms with van der Waals surface area (Å²) in [5.74, 6) is 5.26. The number of likely N-dealkylation sites (N-methyl/N-ethyl adjacent to an activating group) is 1. The van der Waals surface area contributed by atoms with Crippen molar-refractivity contribution in [3.8, 4) is 11.8 Å². The first-order chi connectivity index (χ1) is 17.0. The lowest BCUT2D eigenvalue weighted by Gasteiger charge is -2.32. The molecule has 0 unspecified atom stereocenters. The predicted molar refractivity (Wildman–Crippen MR) is 130 cm³/mol. The molecule has 1 amide bonds. The van der Waals surface area contributed by atoms with E-state index in [4.69, 9.17) is 0 Å². The molecule has 0 spiro atoms. The minimum atomic E-state index is -0.409. The van der Waals surface area contributed by atoms with Gasteiger partial charge in [0.2, 0.25) is 0 Å². The van der Waals surface area contributed by atoms with Crippen LogP contribution in [0.4, 0.5) is 10.1 Å². The highest BCUT2D eigenvalue weighted by Gasteiger charge is 2.17. The van der Waals surface area contributed by atoms with E-state index in [0.717, 1.165) is 26.2 Å². The molecule has 0 radical (unpaired) electrons. The van der Waals surface area contributed by atoms with Crippen LogP contribution in [-0.4, -0.2) is 68.5 Å². The fourth-order valence-corrected chi connectivity index (χ4v) is 3.89. The third kappa shape index (κ3) is 5.35. The topological polar surface area (TPSA) is 78.7 Å². The molecule has 0 atom stereocenters. The number of benzene rings is 1. The van der Waals surface area contributed by atoms with Gasteiger partial charge in [0.1, 0.15) is 11.5 Å². The highest BCUT2D eigenvalue weighted by Crippen LogP contribution is 2.16. The van der Waals surface area contributed by atoms with Gasteiger partial charge in [0.25, 0.3) is 5.91 Å². The smallest absolute Gasteiger partial charge is 0.255 e. The molecule has 0 saturated carbocycles. The molecule has 1 aliphatic heterocycles. The van der Waals surface area contributed by atoms with E-state index < -0.39 is 5.91 Å². The summed E-state index contributed by atoms with van der Waals surface area (Å²) >= 11 is 0. The standard InChI is InChI=1S/C26H24FN7O/c1-32-9-11-33(12-10-32)18-21-6-5-20(14-24(21)27)26(35)31-22-13-19(15-28-16-22)4-7-23-17-29-25-3-2-8-30-34(23)25/h2-3,5-6,8,13-17H,9-12,18H2,1H3,(H,31,35). The molecule has 1 fully saturated rings. The Kier molecular flexibility index (Phi) is 6.48. The number of hydrogen-bond acceptors (Lipinski definition) is 6. The van der Waals surface area contributed by atoms with Crippen LogP contribution in [0.5, 0.6) is 0 Å². The van der Waals surface area contributed by atoms with Gasteiger partial charge in [0.05, 0.1) is 18.1 Å². The van der Waals surface area contributed by atoms with Crippen molar-refractivity contribution in [3.05, 3.63) is 89.4 Å². The number of aromatic nitrogens is 4. The van der Waals surface area contributed by atoms with E-state index in [2.05, 4.69) is 49.1 Å². The van der Waals surface area contributed by atoms with E-state index >= 15 is 0 Å². The first-order valence-corrected chi connectivity index (χ1v) is 11.3. The summed E-state index contributed by atoms with van der Waals surface area (Å²) in [4.78, 5) is 25.6. The third-order valence-corrected chi connectivity index (χ3v) is 5.91. The van der Waals surface area contributed by atoms with Crippen LogP contribution in [0.15, 0.2) is 61.2 Å². The summed E-state index contributed by atoms with van der Waals surface area (Å²) in [5.41, 5.74) is 3.27. The Morgan fingerprint density at radius 3 is 2.77 bits per heavy atom. The van der Waals surface area contributed by atoms with Crippen LogP contribution in [-0.2, 0) is 6.54 Å². The van der Waals surface area contributed by atoms with Gasteiger partial charge >= 0.3 is 0 Å². The third-order valence-electron chi connectivity index (χ3n) is 5.91. The highest BCUT2D eigenvalue weighted by molar-refractivity contribution is 6.04. The zero-order chi connectivity index (χ0) is 24.2. The summed E-state index contributed by atoms with van der Waals surface area (Å²) in [7, 11) is 2.09. The van der Waals surface area contributed by atoms with Crippen molar-refractivity contribution in [1.29, 1.82) is 0 Å². The molecular formula is C26H24FN7O. The number of imidazole rings is 1. The number of carbonyl (C=O) groups is 1. The summed E-state index contributed by atoms with van der Waals surface area (Å²) in [5, 5.41) is 7.01. The number of halogens is 1. The van der Waals surface area contributed by atoms with Crippen LogP contribution in [0.25, 0.3) is 5.65 Å².